The molecule has 1 aromatic carbocycles. The maximum atomic E-state index is 13.2. The number of fused-ring (bicyclic) bond motifs is 1. The van der Waals surface area contributed by atoms with E-state index in [0.29, 0.717) is 0 Å². The van der Waals surface area contributed by atoms with Gasteiger partial charge in [0.1, 0.15) is 5.82 Å². The maximum Gasteiger partial charge on any atom is 0.141 e. The Morgan fingerprint density at radius 2 is 2.21 bits per heavy atom. The first-order chi connectivity index (χ1) is 9.16. The maximum absolute atomic E-state index is 13.2. The van der Waals surface area contributed by atoms with Crippen LogP contribution in [0.1, 0.15) is 35.2 Å². The van der Waals surface area contributed by atoms with Crippen molar-refractivity contribution in [2.75, 3.05) is 0 Å². The van der Waals surface area contributed by atoms with Gasteiger partial charge in [0.15, 0.2) is 0 Å². The lowest BCUT2D eigenvalue weighted by Crippen LogP contribution is -2.19. The molecule has 2 N–H and O–H groups in total. The highest BCUT2D eigenvalue weighted by molar-refractivity contribution is 6.30. The number of pyridine rings is 1. The minimum atomic E-state index is -0.414. The summed E-state index contributed by atoms with van der Waals surface area (Å²) < 4.78 is 13.2. The largest absolute Gasteiger partial charge is 0.323 e. The van der Waals surface area contributed by atoms with E-state index in [0.717, 1.165) is 24.1 Å². The molecule has 0 fully saturated rings. The van der Waals surface area contributed by atoms with Crippen LogP contribution in [0, 0.1) is 5.82 Å². The predicted molar refractivity (Wildman–Crippen MR) is 73.6 cm³/mol. The second kappa shape index (κ2) is 4.91. The first kappa shape index (κ1) is 12.6. The number of aryl methyl sites for hydroxylation is 1. The van der Waals surface area contributed by atoms with Crippen LogP contribution in [0.25, 0.3) is 0 Å². The van der Waals surface area contributed by atoms with Crippen molar-refractivity contribution < 1.29 is 4.39 Å². The molecule has 0 radical (unpaired) electrons. The molecule has 3 rings (SSSR count). The van der Waals surface area contributed by atoms with Crippen LogP contribution in [0.4, 0.5) is 4.39 Å². The summed E-state index contributed by atoms with van der Waals surface area (Å²) in [6.07, 6.45) is 3.76. The van der Waals surface area contributed by atoms with Crippen molar-refractivity contribution in [1.82, 2.24) is 4.98 Å². The number of nitrogens with two attached hydrogens (primary N) is 1. The highest BCUT2D eigenvalue weighted by Crippen LogP contribution is 2.39. The van der Waals surface area contributed by atoms with Crippen LogP contribution < -0.4 is 5.73 Å². The van der Waals surface area contributed by atoms with Gasteiger partial charge in [-0.15, -0.1) is 0 Å². The molecular weight excluding hydrogens is 263 g/mol. The number of hydrogen-bond acceptors (Lipinski definition) is 2. The highest BCUT2D eigenvalue weighted by atomic mass is 35.5. The van der Waals surface area contributed by atoms with Gasteiger partial charge in [-0.05, 0) is 42.2 Å². The van der Waals surface area contributed by atoms with Crippen LogP contribution in [0.15, 0.2) is 36.5 Å². The van der Waals surface area contributed by atoms with Crippen molar-refractivity contribution in [3.05, 3.63) is 64.2 Å². The van der Waals surface area contributed by atoms with Crippen LogP contribution in [0.5, 0.6) is 0 Å². The molecule has 2 unspecified atom stereocenters. The van der Waals surface area contributed by atoms with E-state index in [1.807, 2.05) is 6.07 Å². The normalized spacial score (nSPS) is 19.2. The Hall–Kier alpha value is -1.45. The van der Waals surface area contributed by atoms with Gasteiger partial charge in [0, 0.05) is 23.9 Å². The van der Waals surface area contributed by atoms with Gasteiger partial charge in [0.25, 0.3) is 0 Å². The van der Waals surface area contributed by atoms with Gasteiger partial charge in [-0.3, -0.25) is 4.98 Å². The van der Waals surface area contributed by atoms with Gasteiger partial charge >= 0.3 is 0 Å². The van der Waals surface area contributed by atoms with Gasteiger partial charge in [-0.1, -0.05) is 23.7 Å². The molecule has 19 heavy (non-hydrogen) atoms. The van der Waals surface area contributed by atoms with E-state index in [1.165, 1.54) is 11.6 Å². The minimum absolute atomic E-state index is 0.118. The van der Waals surface area contributed by atoms with Gasteiger partial charge in [0.05, 0.1) is 5.02 Å². The fraction of sp³-hybridized carbons (Fsp3) is 0.267. The number of aromatic nitrogens is 1. The summed E-state index contributed by atoms with van der Waals surface area (Å²) in [6, 6.07) is 8.52. The number of nitrogens with zero attached hydrogens (tertiary/aromatic N) is 1. The average molecular weight is 277 g/mol. The summed E-state index contributed by atoms with van der Waals surface area (Å²) >= 11 is 5.82. The zero-order valence-corrected chi connectivity index (χ0v) is 11.1. The van der Waals surface area contributed by atoms with Crippen molar-refractivity contribution in [2.45, 2.75) is 24.8 Å². The van der Waals surface area contributed by atoms with Crippen LogP contribution in [-0.2, 0) is 6.42 Å². The molecular formula is C15H14ClFN2. The minimum Gasteiger partial charge on any atom is -0.323 e. The number of benzene rings is 1. The van der Waals surface area contributed by atoms with Crippen molar-refractivity contribution in [2.24, 2.45) is 5.73 Å². The van der Waals surface area contributed by atoms with Crippen LogP contribution in [-0.4, -0.2) is 4.98 Å². The summed E-state index contributed by atoms with van der Waals surface area (Å²) in [7, 11) is 0. The molecule has 2 aromatic rings. The lowest BCUT2D eigenvalue weighted by Gasteiger charge is -2.20. The second-order valence-electron chi connectivity index (χ2n) is 4.89. The SMILES string of the molecule is NC(c1ccc(F)c(Cl)c1)C1CCc2cccnc21. The lowest BCUT2D eigenvalue weighted by molar-refractivity contribution is 0.539. The van der Waals surface area contributed by atoms with E-state index in [4.69, 9.17) is 17.3 Å². The molecule has 0 spiro atoms. The Morgan fingerprint density at radius 1 is 1.37 bits per heavy atom. The second-order valence-corrected chi connectivity index (χ2v) is 5.30. The Kier molecular flexibility index (Phi) is 3.25. The smallest absolute Gasteiger partial charge is 0.141 e. The molecule has 4 heteroatoms. The quantitative estimate of drug-likeness (QED) is 0.910. The van der Waals surface area contributed by atoms with Gasteiger partial charge < -0.3 is 5.73 Å². The molecule has 1 aliphatic carbocycles. The fourth-order valence-corrected chi connectivity index (χ4v) is 2.93. The molecule has 0 aliphatic heterocycles. The predicted octanol–water partition coefficient (Wildman–Crippen LogP) is 3.60. The van der Waals surface area contributed by atoms with E-state index < -0.39 is 5.82 Å². The first-order valence-electron chi connectivity index (χ1n) is 6.31. The van der Waals surface area contributed by atoms with Crippen LogP contribution in [0.3, 0.4) is 0 Å². The summed E-state index contributed by atoms with van der Waals surface area (Å²) in [4.78, 5) is 4.44. The zero-order chi connectivity index (χ0) is 13.4. The van der Waals surface area contributed by atoms with Crippen molar-refractivity contribution in [3.8, 4) is 0 Å². The summed E-state index contributed by atoms with van der Waals surface area (Å²) in [5.41, 5.74) is 9.49. The number of hydrogen-bond donors (Lipinski definition) is 1. The molecule has 0 saturated heterocycles. The molecule has 0 amide bonds. The molecule has 0 bridgehead atoms. The van der Waals surface area contributed by atoms with E-state index in [1.54, 1.807) is 18.3 Å². The van der Waals surface area contributed by atoms with E-state index in [9.17, 15) is 4.39 Å². The third kappa shape index (κ3) is 2.24. The Morgan fingerprint density at radius 3 is 3.00 bits per heavy atom. The third-order valence-corrected chi connectivity index (χ3v) is 4.05. The Balaban J connectivity index is 1.93. The Bertz CT molecular complexity index is 615. The van der Waals surface area contributed by atoms with Crippen molar-refractivity contribution >= 4 is 11.6 Å². The lowest BCUT2D eigenvalue weighted by atomic mass is 9.91. The van der Waals surface area contributed by atoms with Crippen LogP contribution in [0.2, 0.25) is 5.02 Å². The van der Waals surface area contributed by atoms with E-state index >= 15 is 0 Å². The molecule has 1 heterocycles. The number of rotatable bonds is 2. The molecule has 1 aliphatic rings. The number of halogens is 2. The van der Waals surface area contributed by atoms with Crippen LogP contribution >= 0.6 is 11.6 Å². The summed E-state index contributed by atoms with van der Waals surface area (Å²) in [5.74, 6) is -0.236. The molecule has 0 saturated carbocycles. The van der Waals surface area contributed by atoms with Gasteiger partial charge in [0.2, 0.25) is 0 Å². The average Bonchev–Trinajstić information content (AvgIpc) is 2.85. The first-order valence-corrected chi connectivity index (χ1v) is 6.69. The van der Waals surface area contributed by atoms with Crippen molar-refractivity contribution in [1.29, 1.82) is 0 Å². The zero-order valence-electron chi connectivity index (χ0n) is 10.3. The topological polar surface area (TPSA) is 38.9 Å². The standard InChI is InChI=1S/C15H14ClFN2/c16-12-8-10(4-6-13(12)17)14(18)11-5-3-9-2-1-7-19-15(9)11/h1-2,4,6-8,11,14H,3,5,18H2. The molecule has 2 nitrogen and oxygen atoms in total. The van der Waals surface area contributed by atoms with Gasteiger partial charge in [-0.25, -0.2) is 4.39 Å². The third-order valence-electron chi connectivity index (χ3n) is 3.76. The molecule has 98 valence electrons. The Labute approximate surface area is 116 Å². The van der Waals surface area contributed by atoms with E-state index in [2.05, 4.69) is 11.1 Å². The summed E-state index contributed by atoms with van der Waals surface area (Å²) in [6.45, 7) is 0. The summed E-state index contributed by atoms with van der Waals surface area (Å²) in [5, 5.41) is 0.118. The molecule has 2 atom stereocenters. The molecule has 1 aromatic heterocycles. The van der Waals surface area contributed by atoms with Gasteiger partial charge in [-0.2, -0.15) is 0 Å². The monoisotopic (exact) mass is 276 g/mol. The highest BCUT2D eigenvalue weighted by Gasteiger charge is 2.29. The van der Waals surface area contributed by atoms with E-state index in [-0.39, 0.29) is 17.0 Å². The fourth-order valence-electron chi connectivity index (χ4n) is 2.75. The van der Waals surface area contributed by atoms with Crippen molar-refractivity contribution in [3.63, 3.8) is 0 Å².